The van der Waals surface area contributed by atoms with Crippen LogP contribution in [0.3, 0.4) is 0 Å². The molecule has 0 saturated heterocycles. The van der Waals surface area contributed by atoms with Crippen LogP contribution in [-0.2, 0) is 6.61 Å². The van der Waals surface area contributed by atoms with Gasteiger partial charge in [-0.3, -0.25) is 9.78 Å². The third-order valence-corrected chi connectivity index (χ3v) is 3.00. The molecule has 0 bridgehead atoms. The molecule has 0 spiro atoms. The van der Waals surface area contributed by atoms with E-state index in [1.165, 1.54) is 0 Å². The smallest absolute Gasteiger partial charge is 0.153 e. The van der Waals surface area contributed by atoms with Crippen LogP contribution in [0.2, 0.25) is 5.02 Å². The fourth-order valence-electron chi connectivity index (χ4n) is 1.46. The zero-order valence-electron chi connectivity index (χ0n) is 9.27. The number of carbonyl (C=O) groups excluding carboxylic acids is 1. The van der Waals surface area contributed by atoms with Gasteiger partial charge in [-0.1, -0.05) is 17.7 Å². The first-order chi connectivity index (χ1) is 8.70. The molecule has 18 heavy (non-hydrogen) atoms. The summed E-state index contributed by atoms with van der Waals surface area (Å²) >= 11 is 9.33. The molecular formula is C13H9BrClNO2. The lowest BCUT2D eigenvalue weighted by molar-refractivity contribution is 0.111. The number of carbonyl (C=O) groups is 1. The van der Waals surface area contributed by atoms with Crippen molar-refractivity contribution in [1.29, 1.82) is 0 Å². The molecule has 5 heteroatoms. The molecule has 1 aromatic heterocycles. The fraction of sp³-hybridized carbons (Fsp3) is 0.0769. The number of rotatable bonds is 4. The zero-order chi connectivity index (χ0) is 13.0. The highest BCUT2D eigenvalue weighted by molar-refractivity contribution is 9.10. The number of aromatic nitrogens is 1. The number of hydrogen-bond donors (Lipinski definition) is 0. The van der Waals surface area contributed by atoms with E-state index in [9.17, 15) is 4.79 Å². The summed E-state index contributed by atoms with van der Waals surface area (Å²) in [5.74, 6) is 0.397. The molecule has 1 heterocycles. The number of nitrogens with zero attached hydrogens (tertiary/aromatic N) is 1. The van der Waals surface area contributed by atoms with Gasteiger partial charge < -0.3 is 4.74 Å². The Hall–Kier alpha value is -1.39. The summed E-state index contributed by atoms with van der Waals surface area (Å²) in [6, 6.07) is 6.94. The molecule has 0 aliphatic rings. The van der Waals surface area contributed by atoms with Crippen LogP contribution in [0.5, 0.6) is 5.75 Å². The normalized spacial score (nSPS) is 10.1. The Balaban J connectivity index is 2.18. The molecule has 2 aromatic rings. The molecule has 0 aliphatic carbocycles. The summed E-state index contributed by atoms with van der Waals surface area (Å²) in [4.78, 5) is 14.9. The molecule has 0 unspecified atom stereocenters. The van der Waals surface area contributed by atoms with E-state index in [-0.39, 0.29) is 0 Å². The van der Waals surface area contributed by atoms with Crippen molar-refractivity contribution in [1.82, 2.24) is 4.98 Å². The maximum Gasteiger partial charge on any atom is 0.153 e. The SMILES string of the molecule is O=Cc1cccc(Cl)c1OCc1cncc(Br)c1. The van der Waals surface area contributed by atoms with Crippen LogP contribution < -0.4 is 4.74 Å². The van der Waals surface area contributed by atoms with Crippen molar-refractivity contribution in [3.63, 3.8) is 0 Å². The van der Waals surface area contributed by atoms with Crippen LogP contribution in [0, 0.1) is 0 Å². The van der Waals surface area contributed by atoms with Crippen molar-refractivity contribution in [3.05, 3.63) is 57.3 Å². The van der Waals surface area contributed by atoms with Crippen molar-refractivity contribution >= 4 is 33.8 Å². The van der Waals surface area contributed by atoms with E-state index in [1.54, 1.807) is 30.6 Å². The van der Waals surface area contributed by atoms with Crippen LogP contribution in [0.25, 0.3) is 0 Å². The molecule has 0 radical (unpaired) electrons. The second-order valence-electron chi connectivity index (χ2n) is 3.58. The molecule has 1 aromatic carbocycles. The lowest BCUT2D eigenvalue weighted by atomic mass is 10.2. The third kappa shape index (κ3) is 3.09. The van der Waals surface area contributed by atoms with Gasteiger partial charge in [0, 0.05) is 22.4 Å². The summed E-state index contributed by atoms with van der Waals surface area (Å²) in [6.07, 6.45) is 4.11. The van der Waals surface area contributed by atoms with Crippen molar-refractivity contribution in [3.8, 4) is 5.75 Å². The van der Waals surface area contributed by atoms with E-state index in [1.807, 2.05) is 6.07 Å². The van der Waals surface area contributed by atoms with Crippen molar-refractivity contribution in [2.75, 3.05) is 0 Å². The molecule has 0 fully saturated rings. The van der Waals surface area contributed by atoms with Gasteiger partial charge in [0.2, 0.25) is 0 Å². The van der Waals surface area contributed by atoms with E-state index < -0.39 is 0 Å². The summed E-state index contributed by atoms with van der Waals surface area (Å²) < 4.78 is 6.45. The number of benzene rings is 1. The number of aldehydes is 1. The maximum absolute atomic E-state index is 10.9. The van der Waals surface area contributed by atoms with E-state index in [0.29, 0.717) is 22.9 Å². The lowest BCUT2D eigenvalue weighted by Crippen LogP contribution is -1.99. The Bertz CT molecular complexity index is 575. The minimum atomic E-state index is 0.303. The molecule has 0 saturated carbocycles. The van der Waals surface area contributed by atoms with Crippen LogP contribution in [0.15, 0.2) is 41.1 Å². The van der Waals surface area contributed by atoms with E-state index in [0.717, 1.165) is 16.3 Å². The van der Waals surface area contributed by atoms with Crippen LogP contribution in [0.1, 0.15) is 15.9 Å². The van der Waals surface area contributed by atoms with Gasteiger partial charge >= 0.3 is 0 Å². The quantitative estimate of drug-likeness (QED) is 0.800. The topological polar surface area (TPSA) is 39.2 Å². The average molecular weight is 327 g/mol. The highest BCUT2D eigenvalue weighted by Crippen LogP contribution is 2.28. The Kier molecular flexibility index (Phi) is 4.33. The molecular weight excluding hydrogens is 318 g/mol. The number of halogens is 2. The first-order valence-electron chi connectivity index (χ1n) is 5.16. The first kappa shape index (κ1) is 13.1. The molecule has 0 amide bonds. The zero-order valence-corrected chi connectivity index (χ0v) is 11.6. The standard InChI is InChI=1S/C13H9BrClNO2/c14-11-4-9(5-16-6-11)8-18-13-10(7-17)2-1-3-12(13)15/h1-7H,8H2. The van der Waals surface area contributed by atoms with Crippen LogP contribution in [-0.4, -0.2) is 11.3 Å². The molecule has 0 N–H and O–H groups in total. The number of para-hydroxylation sites is 1. The predicted octanol–water partition coefficient (Wildman–Crippen LogP) is 3.89. The first-order valence-corrected chi connectivity index (χ1v) is 6.33. The fourth-order valence-corrected chi connectivity index (χ4v) is 2.11. The minimum Gasteiger partial charge on any atom is -0.487 e. The van der Waals surface area contributed by atoms with Crippen molar-refractivity contribution in [2.45, 2.75) is 6.61 Å². The highest BCUT2D eigenvalue weighted by atomic mass is 79.9. The second kappa shape index (κ2) is 5.98. The van der Waals surface area contributed by atoms with Gasteiger partial charge in [-0.05, 0) is 34.1 Å². The largest absolute Gasteiger partial charge is 0.487 e. The third-order valence-electron chi connectivity index (χ3n) is 2.27. The average Bonchev–Trinajstić information content (AvgIpc) is 2.37. The lowest BCUT2D eigenvalue weighted by Gasteiger charge is -2.10. The van der Waals surface area contributed by atoms with Crippen LogP contribution >= 0.6 is 27.5 Å². The number of hydrogen-bond acceptors (Lipinski definition) is 3. The Morgan fingerprint density at radius 3 is 2.94 bits per heavy atom. The van der Waals surface area contributed by atoms with Gasteiger partial charge in [-0.2, -0.15) is 0 Å². The molecule has 92 valence electrons. The number of pyridine rings is 1. The molecule has 3 nitrogen and oxygen atoms in total. The summed E-state index contributed by atoms with van der Waals surface area (Å²) in [6.45, 7) is 0.303. The Morgan fingerprint density at radius 2 is 2.22 bits per heavy atom. The monoisotopic (exact) mass is 325 g/mol. The Labute approximate surface area is 118 Å². The molecule has 0 atom stereocenters. The molecule has 2 rings (SSSR count). The van der Waals surface area contributed by atoms with Gasteiger partial charge in [-0.15, -0.1) is 0 Å². The second-order valence-corrected chi connectivity index (χ2v) is 4.90. The van der Waals surface area contributed by atoms with Gasteiger partial charge in [0.25, 0.3) is 0 Å². The van der Waals surface area contributed by atoms with Crippen LogP contribution in [0.4, 0.5) is 0 Å². The van der Waals surface area contributed by atoms with Gasteiger partial charge in [-0.25, -0.2) is 0 Å². The van der Waals surface area contributed by atoms with Crippen molar-refractivity contribution < 1.29 is 9.53 Å². The van der Waals surface area contributed by atoms with E-state index in [2.05, 4.69) is 20.9 Å². The predicted molar refractivity (Wildman–Crippen MR) is 73.1 cm³/mol. The van der Waals surface area contributed by atoms with Gasteiger partial charge in [0.1, 0.15) is 12.4 Å². The van der Waals surface area contributed by atoms with Gasteiger partial charge in [0.15, 0.2) is 6.29 Å². The molecule has 0 aliphatic heterocycles. The van der Waals surface area contributed by atoms with Crippen molar-refractivity contribution in [2.24, 2.45) is 0 Å². The highest BCUT2D eigenvalue weighted by Gasteiger charge is 2.08. The Morgan fingerprint density at radius 1 is 1.39 bits per heavy atom. The minimum absolute atomic E-state index is 0.303. The summed E-state index contributed by atoms with van der Waals surface area (Å²) in [5.41, 5.74) is 1.33. The van der Waals surface area contributed by atoms with E-state index >= 15 is 0 Å². The van der Waals surface area contributed by atoms with Gasteiger partial charge in [0.05, 0.1) is 10.6 Å². The number of ether oxygens (including phenoxy) is 1. The maximum atomic E-state index is 10.9. The summed E-state index contributed by atoms with van der Waals surface area (Å²) in [7, 11) is 0. The van der Waals surface area contributed by atoms with E-state index in [4.69, 9.17) is 16.3 Å². The summed E-state index contributed by atoms with van der Waals surface area (Å²) in [5, 5.41) is 0.419.